The van der Waals surface area contributed by atoms with Gasteiger partial charge in [0.1, 0.15) is 11.5 Å². The summed E-state index contributed by atoms with van der Waals surface area (Å²) in [7, 11) is 2.90. The van der Waals surface area contributed by atoms with Crippen LogP contribution in [0, 0.1) is 0 Å². The number of benzene rings is 1. The highest BCUT2D eigenvalue weighted by Gasteiger charge is 2.15. The molecule has 0 saturated carbocycles. The van der Waals surface area contributed by atoms with Crippen LogP contribution in [0.4, 0.5) is 0 Å². The number of amides is 1. The Balaban J connectivity index is 2.53. The van der Waals surface area contributed by atoms with Crippen LogP contribution in [0.5, 0.6) is 11.5 Å². The molecule has 1 rings (SSSR count). The second kappa shape index (κ2) is 9.65. The van der Waals surface area contributed by atoms with Gasteiger partial charge in [0.15, 0.2) is 6.61 Å². The second-order valence-electron chi connectivity index (χ2n) is 4.67. The van der Waals surface area contributed by atoms with Gasteiger partial charge in [0, 0.05) is 19.2 Å². The number of esters is 1. The molecule has 0 heterocycles. The first kappa shape index (κ1) is 17.8. The van der Waals surface area contributed by atoms with Crippen molar-refractivity contribution in [3.8, 4) is 11.5 Å². The summed E-state index contributed by atoms with van der Waals surface area (Å²) < 4.78 is 15.2. The Morgan fingerprint density at radius 1 is 1.14 bits per heavy atom. The highest BCUT2D eigenvalue weighted by atomic mass is 16.5. The van der Waals surface area contributed by atoms with Gasteiger partial charge in [0.05, 0.1) is 20.6 Å². The summed E-state index contributed by atoms with van der Waals surface area (Å²) in [6.07, 6.45) is 0.994. The maximum absolute atomic E-state index is 12.2. The van der Waals surface area contributed by atoms with Crippen LogP contribution < -0.4 is 9.47 Å². The molecule has 0 saturated heterocycles. The number of ether oxygens (including phenoxy) is 3. The SMILES string of the molecule is CCCN(CCC(=O)OC)C(=O)COc1cccc(OC)c1. The van der Waals surface area contributed by atoms with E-state index in [1.54, 1.807) is 36.3 Å². The highest BCUT2D eigenvalue weighted by molar-refractivity contribution is 5.78. The van der Waals surface area contributed by atoms with Crippen LogP contribution in [0.1, 0.15) is 19.8 Å². The van der Waals surface area contributed by atoms with E-state index in [2.05, 4.69) is 4.74 Å². The number of hydrogen-bond donors (Lipinski definition) is 0. The summed E-state index contributed by atoms with van der Waals surface area (Å²) >= 11 is 0. The van der Waals surface area contributed by atoms with Crippen molar-refractivity contribution in [3.05, 3.63) is 24.3 Å². The quantitative estimate of drug-likeness (QED) is 0.652. The summed E-state index contributed by atoms with van der Waals surface area (Å²) in [6.45, 7) is 2.81. The van der Waals surface area contributed by atoms with Crippen molar-refractivity contribution in [1.82, 2.24) is 4.90 Å². The fourth-order valence-electron chi connectivity index (χ4n) is 1.89. The van der Waals surface area contributed by atoms with Crippen molar-refractivity contribution in [2.24, 2.45) is 0 Å². The maximum atomic E-state index is 12.2. The van der Waals surface area contributed by atoms with Gasteiger partial charge < -0.3 is 19.1 Å². The Labute approximate surface area is 131 Å². The molecule has 6 nitrogen and oxygen atoms in total. The minimum Gasteiger partial charge on any atom is -0.497 e. The average molecular weight is 309 g/mol. The topological polar surface area (TPSA) is 65.1 Å². The molecule has 22 heavy (non-hydrogen) atoms. The summed E-state index contributed by atoms with van der Waals surface area (Å²) in [5.74, 6) is 0.745. The Bertz CT molecular complexity index is 489. The van der Waals surface area contributed by atoms with Crippen LogP contribution >= 0.6 is 0 Å². The van der Waals surface area contributed by atoms with Gasteiger partial charge in [0.25, 0.3) is 5.91 Å². The molecule has 1 amide bonds. The Morgan fingerprint density at radius 2 is 1.86 bits per heavy atom. The first-order chi connectivity index (χ1) is 10.6. The van der Waals surface area contributed by atoms with Gasteiger partial charge in [-0.3, -0.25) is 9.59 Å². The van der Waals surface area contributed by atoms with E-state index in [1.165, 1.54) is 7.11 Å². The first-order valence-electron chi connectivity index (χ1n) is 7.22. The predicted octanol–water partition coefficient (Wildman–Crippen LogP) is 1.88. The molecule has 1 aromatic rings. The Morgan fingerprint density at radius 3 is 2.50 bits per heavy atom. The van der Waals surface area contributed by atoms with Crippen LogP contribution in [-0.2, 0) is 14.3 Å². The summed E-state index contributed by atoms with van der Waals surface area (Å²) in [6, 6.07) is 7.06. The van der Waals surface area contributed by atoms with E-state index in [9.17, 15) is 9.59 Å². The molecular weight excluding hydrogens is 286 g/mol. The largest absolute Gasteiger partial charge is 0.497 e. The number of carbonyl (C=O) groups excluding carboxylic acids is 2. The molecule has 122 valence electrons. The molecular formula is C16H23NO5. The van der Waals surface area contributed by atoms with Crippen molar-refractivity contribution in [3.63, 3.8) is 0 Å². The third-order valence-corrected chi connectivity index (χ3v) is 3.06. The van der Waals surface area contributed by atoms with Crippen molar-refractivity contribution in [1.29, 1.82) is 0 Å². The summed E-state index contributed by atoms with van der Waals surface area (Å²) in [5, 5.41) is 0. The summed E-state index contributed by atoms with van der Waals surface area (Å²) in [5.41, 5.74) is 0. The molecule has 6 heteroatoms. The summed E-state index contributed by atoms with van der Waals surface area (Å²) in [4.78, 5) is 25.0. The van der Waals surface area contributed by atoms with Gasteiger partial charge in [-0.15, -0.1) is 0 Å². The zero-order valence-corrected chi connectivity index (χ0v) is 13.3. The van der Waals surface area contributed by atoms with Gasteiger partial charge >= 0.3 is 5.97 Å². The van der Waals surface area contributed by atoms with Gasteiger partial charge in [-0.25, -0.2) is 0 Å². The molecule has 0 aliphatic heterocycles. The Kier molecular flexibility index (Phi) is 7.81. The standard InChI is InChI=1S/C16H23NO5/c1-4-9-17(10-8-16(19)21-3)15(18)12-22-14-7-5-6-13(11-14)20-2/h5-7,11H,4,8-10,12H2,1-3H3. The van der Waals surface area contributed by atoms with E-state index >= 15 is 0 Å². The third kappa shape index (κ3) is 6.03. The minimum absolute atomic E-state index is 0.0751. The minimum atomic E-state index is -0.331. The fraction of sp³-hybridized carbons (Fsp3) is 0.500. The molecule has 0 atom stereocenters. The number of hydrogen-bond acceptors (Lipinski definition) is 5. The number of rotatable bonds is 9. The van der Waals surface area contributed by atoms with Crippen LogP contribution in [0.2, 0.25) is 0 Å². The lowest BCUT2D eigenvalue weighted by Crippen LogP contribution is -2.37. The number of methoxy groups -OCH3 is 2. The van der Waals surface area contributed by atoms with Crippen LogP contribution in [0.25, 0.3) is 0 Å². The van der Waals surface area contributed by atoms with E-state index in [0.717, 1.165) is 6.42 Å². The van der Waals surface area contributed by atoms with E-state index in [0.29, 0.717) is 24.6 Å². The normalized spacial score (nSPS) is 9.95. The lowest BCUT2D eigenvalue weighted by atomic mass is 10.3. The van der Waals surface area contributed by atoms with Gasteiger partial charge in [0.2, 0.25) is 0 Å². The zero-order chi connectivity index (χ0) is 16.4. The fourth-order valence-corrected chi connectivity index (χ4v) is 1.89. The monoisotopic (exact) mass is 309 g/mol. The van der Waals surface area contributed by atoms with Crippen molar-refractivity contribution < 1.29 is 23.8 Å². The lowest BCUT2D eigenvalue weighted by molar-refractivity contribution is -0.142. The van der Waals surface area contributed by atoms with Gasteiger partial charge in [-0.2, -0.15) is 0 Å². The molecule has 0 unspecified atom stereocenters. The molecule has 0 N–H and O–H groups in total. The smallest absolute Gasteiger partial charge is 0.307 e. The molecule has 0 aromatic heterocycles. The molecule has 0 fully saturated rings. The van der Waals surface area contributed by atoms with E-state index in [1.807, 2.05) is 6.92 Å². The molecule has 0 aliphatic rings. The third-order valence-electron chi connectivity index (χ3n) is 3.06. The van der Waals surface area contributed by atoms with Crippen LogP contribution in [0.15, 0.2) is 24.3 Å². The van der Waals surface area contributed by atoms with Gasteiger partial charge in [-0.1, -0.05) is 13.0 Å². The van der Waals surface area contributed by atoms with Crippen molar-refractivity contribution in [2.75, 3.05) is 33.9 Å². The number of carbonyl (C=O) groups is 2. The Hall–Kier alpha value is -2.24. The maximum Gasteiger partial charge on any atom is 0.307 e. The number of nitrogens with zero attached hydrogens (tertiary/aromatic N) is 1. The average Bonchev–Trinajstić information content (AvgIpc) is 2.56. The molecule has 1 aromatic carbocycles. The first-order valence-corrected chi connectivity index (χ1v) is 7.22. The highest BCUT2D eigenvalue weighted by Crippen LogP contribution is 2.18. The zero-order valence-electron chi connectivity index (χ0n) is 13.3. The van der Waals surface area contributed by atoms with E-state index in [4.69, 9.17) is 9.47 Å². The van der Waals surface area contributed by atoms with E-state index in [-0.39, 0.29) is 24.9 Å². The predicted molar refractivity (Wildman–Crippen MR) is 82.0 cm³/mol. The second-order valence-corrected chi connectivity index (χ2v) is 4.67. The molecule has 0 bridgehead atoms. The molecule has 0 radical (unpaired) electrons. The van der Waals surface area contributed by atoms with Gasteiger partial charge in [-0.05, 0) is 18.6 Å². The molecule has 0 aliphatic carbocycles. The van der Waals surface area contributed by atoms with Crippen molar-refractivity contribution >= 4 is 11.9 Å². The molecule has 0 spiro atoms. The van der Waals surface area contributed by atoms with Crippen LogP contribution in [-0.4, -0.2) is 50.7 Å². The van der Waals surface area contributed by atoms with Crippen molar-refractivity contribution in [2.45, 2.75) is 19.8 Å². The van der Waals surface area contributed by atoms with E-state index < -0.39 is 0 Å². The van der Waals surface area contributed by atoms with Crippen LogP contribution in [0.3, 0.4) is 0 Å². The lowest BCUT2D eigenvalue weighted by Gasteiger charge is -2.21.